The topological polar surface area (TPSA) is 130 Å². The Balaban J connectivity index is 1.93. The highest BCUT2D eigenvalue weighted by atomic mass is 16.2. The summed E-state index contributed by atoms with van der Waals surface area (Å²) in [6.07, 6.45) is 4.10. The molecule has 3 heterocycles. The predicted octanol–water partition coefficient (Wildman–Crippen LogP) is 0.921. The molecule has 1 aliphatic rings. The van der Waals surface area contributed by atoms with Crippen molar-refractivity contribution in [3.63, 3.8) is 0 Å². The van der Waals surface area contributed by atoms with Gasteiger partial charge in [-0.2, -0.15) is 4.98 Å². The molecule has 1 atom stereocenters. The van der Waals surface area contributed by atoms with Crippen LogP contribution < -0.4 is 21.6 Å². The van der Waals surface area contributed by atoms with Crippen LogP contribution in [-0.4, -0.2) is 25.8 Å². The Labute approximate surface area is 141 Å². The summed E-state index contributed by atoms with van der Waals surface area (Å²) in [5, 5.41) is 3.31. The number of amides is 1. The van der Waals surface area contributed by atoms with Gasteiger partial charge in [0.25, 0.3) is 5.91 Å². The van der Waals surface area contributed by atoms with Crippen LogP contribution in [-0.2, 0) is 0 Å². The van der Waals surface area contributed by atoms with Gasteiger partial charge in [-0.15, -0.1) is 0 Å². The summed E-state index contributed by atoms with van der Waals surface area (Å²) in [7, 11) is 0. The van der Waals surface area contributed by atoms with E-state index in [0.717, 1.165) is 11.4 Å². The molecule has 0 radical (unpaired) electrons. The Kier molecular flexibility index (Phi) is 3.38. The Morgan fingerprint density at radius 3 is 2.60 bits per heavy atom. The second-order valence-corrected chi connectivity index (χ2v) is 5.35. The van der Waals surface area contributed by atoms with E-state index in [0.29, 0.717) is 11.5 Å². The fourth-order valence-electron chi connectivity index (χ4n) is 2.82. The van der Waals surface area contributed by atoms with Gasteiger partial charge in [0.1, 0.15) is 5.69 Å². The van der Waals surface area contributed by atoms with Gasteiger partial charge < -0.3 is 16.0 Å². The first kappa shape index (κ1) is 14.8. The molecule has 0 bridgehead atoms. The van der Waals surface area contributed by atoms with Crippen LogP contribution in [0.3, 0.4) is 0 Å². The maximum Gasteiger partial charge on any atom is 0.345 e. The van der Waals surface area contributed by atoms with Gasteiger partial charge in [0.2, 0.25) is 0 Å². The highest BCUT2D eigenvalue weighted by Gasteiger charge is 2.35. The summed E-state index contributed by atoms with van der Waals surface area (Å²) in [6, 6.07) is 9.24. The molecule has 0 saturated carbocycles. The van der Waals surface area contributed by atoms with Crippen LogP contribution in [0.2, 0.25) is 0 Å². The Hall–Kier alpha value is -3.75. The normalized spacial score (nSPS) is 15.5. The first-order valence-electron chi connectivity index (χ1n) is 7.46. The number of nitrogens with one attached hydrogen (secondary N) is 2. The van der Waals surface area contributed by atoms with Crippen LogP contribution in [0.1, 0.15) is 22.5 Å². The molecular weight excluding hydrogens is 322 g/mol. The minimum absolute atomic E-state index is 0.0283. The van der Waals surface area contributed by atoms with Crippen LogP contribution >= 0.6 is 0 Å². The molecule has 2 aromatic heterocycles. The number of nitrogens with zero attached hydrogens (tertiary/aromatic N) is 4. The zero-order valence-corrected chi connectivity index (χ0v) is 12.9. The van der Waals surface area contributed by atoms with Crippen molar-refractivity contribution in [1.29, 1.82) is 0 Å². The Morgan fingerprint density at radius 1 is 1.08 bits per heavy atom. The van der Waals surface area contributed by atoms with E-state index in [4.69, 9.17) is 5.73 Å². The second kappa shape index (κ2) is 5.71. The van der Waals surface area contributed by atoms with E-state index < -0.39 is 17.8 Å². The lowest BCUT2D eigenvalue weighted by Gasteiger charge is -2.26. The zero-order valence-electron chi connectivity index (χ0n) is 12.9. The number of nitrogens with two attached hydrogens (primary N) is 1. The maximum atomic E-state index is 11.8. The fourth-order valence-corrected chi connectivity index (χ4v) is 2.82. The number of benzene rings is 1. The third kappa shape index (κ3) is 2.47. The number of hydrogen-bond acceptors (Lipinski definition) is 7. The molecule has 124 valence electrons. The van der Waals surface area contributed by atoms with Crippen molar-refractivity contribution >= 4 is 23.0 Å². The molecule has 0 saturated heterocycles. The standard InChI is InChI=1S/C16H13N7O2/c17-13(24)12-11(8-20-16(25)22-12)23-10-5-2-1-4-9(10)21-15(23)14-18-6-3-7-19-14/h1-8,15,21H,(H2,17,24)(H,20,22,25). The molecule has 0 fully saturated rings. The first-order valence-corrected chi connectivity index (χ1v) is 7.46. The number of hydrogen-bond donors (Lipinski definition) is 3. The summed E-state index contributed by atoms with van der Waals surface area (Å²) >= 11 is 0. The Bertz CT molecular complexity index is 1000. The molecule has 0 spiro atoms. The summed E-state index contributed by atoms with van der Waals surface area (Å²) in [5.74, 6) is -0.257. The number of rotatable bonds is 3. The van der Waals surface area contributed by atoms with Gasteiger partial charge in [-0.25, -0.2) is 14.8 Å². The smallest absolute Gasteiger partial charge is 0.345 e. The van der Waals surface area contributed by atoms with E-state index in [1.165, 1.54) is 6.20 Å². The molecule has 1 amide bonds. The summed E-state index contributed by atoms with van der Waals surface area (Å²) in [5.41, 5.74) is 6.75. The highest BCUT2D eigenvalue weighted by Crippen LogP contribution is 2.45. The third-order valence-electron chi connectivity index (χ3n) is 3.84. The molecule has 1 unspecified atom stereocenters. The number of H-pyrrole nitrogens is 1. The van der Waals surface area contributed by atoms with Crippen molar-refractivity contribution < 1.29 is 4.79 Å². The van der Waals surface area contributed by atoms with Gasteiger partial charge >= 0.3 is 5.69 Å². The fraction of sp³-hybridized carbons (Fsp3) is 0.0625. The number of aromatic nitrogens is 4. The number of para-hydroxylation sites is 2. The minimum Gasteiger partial charge on any atom is -0.364 e. The molecule has 1 aromatic carbocycles. The zero-order chi connectivity index (χ0) is 17.4. The van der Waals surface area contributed by atoms with Crippen molar-refractivity contribution in [3.8, 4) is 0 Å². The van der Waals surface area contributed by atoms with Crippen LogP contribution in [0.5, 0.6) is 0 Å². The second-order valence-electron chi connectivity index (χ2n) is 5.35. The molecule has 3 aromatic rings. The van der Waals surface area contributed by atoms with Gasteiger partial charge in [0, 0.05) is 12.4 Å². The minimum atomic E-state index is -0.758. The van der Waals surface area contributed by atoms with Crippen LogP contribution in [0.15, 0.2) is 53.7 Å². The van der Waals surface area contributed by atoms with E-state index >= 15 is 0 Å². The lowest BCUT2D eigenvalue weighted by Crippen LogP contribution is -2.30. The molecule has 4 N–H and O–H groups in total. The lowest BCUT2D eigenvalue weighted by atomic mass is 10.2. The summed E-state index contributed by atoms with van der Waals surface area (Å²) in [4.78, 5) is 39.9. The molecule has 9 nitrogen and oxygen atoms in total. The van der Waals surface area contributed by atoms with Crippen molar-refractivity contribution in [3.05, 3.63) is 70.9 Å². The van der Waals surface area contributed by atoms with E-state index in [2.05, 4.69) is 25.3 Å². The largest absolute Gasteiger partial charge is 0.364 e. The monoisotopic (exact) mass is 335 g/mol. The van der Waals surface area contributed by atoms with Crippen LogP contribution in [0.25, 0.3) is 0 Å². The summed E-state index contributed by atoms with van der Waals surface area (Å²) in [6.45, 7) is 0. The number of aromatic amines is 1. The maximum absolute atomic E-state index is 11.8. The van der Waals surface area contributed by atoms with Crippen molar-refractivity contribution in [1.82, 2.24) is 19.9 Å². The number of anilines is 3. The average molecular weight is 335 g/mol. The molecular formula is C16H13N7O2. The molecule has 25 heavy (non-hydrogen) atoms. The number of primary amides is 1. The first-order chi connectivity index (χ1) is 12.1. The van der Waals surface area contributed by atoms with Crippen molar-refractivity contribution in [2.75, 3.05) is 10.2 Å². The van der Waals surface area contributed by atoms with Crippen molar-refractivity contribution in [2.24, 2.45) is 5.73 Å². The van der Waals surface area contributed by atoms with Gasteiger partial charge in [-0.3, -0.25) is 9.78 Å². The molecule has 4 rings (SSSR count). The van der Waals surface area contributed by atoms with Gasteiger partial charge in [0.05, 0.1) is 23.3 Å². The SMILES string of the molecule is NC(=O)c1[nH]c(=O)ncc1N1c2ccccc2NC1c1ncccn1. The molecule has 0 aliphatic carbocycles. The van der Waals surface area contributed by atoms with E-state index in [9.17, 15) is 9.59 Å². The number of carbonyl (C=O) groups is 1. The quantitative estimate of drug-likeness (QED) is 0.649. The van der Waals surface area contributed by atoms with E-state index in [-0.39, 0.29) is 5.69 Å². The van der Waals surface area contributed by atoms with Gasteiger partial charge in [-0.05, 0) is 18.2 Å². The number of carbonyl (C=O) groups excluding carboxylic acids is 1. The van der Waals surface area contributed by atoms with E-state index in [1.54, 1.807) is 23.4 Å². The van der Waals surface area contributed by atoms with Crippen LogP contribution in [0, 0.1) is 0 Å². The third-order valence-corrected chi connectivity index (χ3v) is 3.84. The molecule has 9 heteroatoms. The van der Waals surface area contributed by atoms with Crippen LogP contribution in [0.4, 0.5) is 17.1 Å². The molecule has 1 aliphatic heterocycles. The summed E-state index contributed by atoms with van der Waals surface area (Å²) < 4.78 is 0. The predicted molar refractivity (Wildman–Crippen MR) is 90.4 cm³/mol. The van der Waals surface area contributed by atoms with Gasteiger partial charge in [-0.1, -0.05) is 12.1 Å². The lowest BCUT2D eigenvalue weighted by molar-refractivity contribution is 0.0995. The number of fused-ring (bicyclic) bond motifs is 1. The van der Waals surface area contributed by atoms with Crippen molar-refractivity contribution in [2.45, 2.75) is 6.17 Å². The van der Waals surface area contributed by atoms with E-state index in [1.807, 2.05) is 24.3 Å². The average Bonchev–Trinajstić information content (AvgIpc) is 3.02. The van der Waals surface area contributed by atoms with Gasteiger partial charge in [0.15, 0.2) is 12.0 Å². The Morgan fingerprint density at radius 2 is 1.84 bits per heavy atom. The highest BCUT2D eigenvalue weighted by molar-refractivity contribution is 5.98.